The van der Waals surface area contributed by atoms with Gasteiger partial charge in [0.1, 0.15) is 11.6 Å². The van der Waals surface area contributed by atoms with E-state index >= 15 is 0 Å². The van der Waals surface area contributed by atoms with Gasteiger partial charge in [-0.15, -0.1) is 0 Å². The van der Waals surface area contributed by atoms with E-state index in [1.54, 1.807) is 20.8 Å². The molecule has 93 heavy (non-hydrogen) atoms. The molecule has 2 saturated heterocycles. The van der Waals surface area contributed by atoms with E-state index in [0.29, 0.717) is 38.7 Å². The van der Waals surface area contributed by atoms with E-state index in [-0.39, 0.29) is 67.7 Å². The number of Topliss-reactive ketones (excluding diaryl/α,β-unsaturated/α-hetero) is 2. The number of hydrogen-bond acceptors (Lipinski definition) is 14. The molecular weight excluding hydrogens is 1240 g/mol. The lowest BCUT2D eigenvalue weighted by atomic mass is 9.70. The highest BCUT2D eigenvalue weighted by Crippen LogP contribution is 2.48. The standard InChI is InChI=1S/C34H50F5NO6.C27H43NO4.C7H7F5O2.CH4/c1-9-12-18-44-28(42)26(19-23(4)25-16-14-13-15-17-25)20-32(8,29(43)45-22-33(35,36)34(37,38)39)46-40-30(6,10-2)21-27(41)24(5)31(40,7)11-3;1-8-11-17-31-25(30)24(18-20(4)22-15-13-12-14-16-22)32-28-26(6,9-2)19-23(29)21(5)27(28,7)10-3;1-4(2)5(13)14-3-6(8,9)7(10,11)12;/h13-17,23-24,26H,9-12,18-22H2,1-8H3;12-16,20-21,24H,8-11,17-19H2,1-7H3;1,3H2,2H3;1H4. The predicted molar refractivity (Wildman–Crippen MR) is 335 cm³/mol. The van der Waals surface area contributed by atoms with Crippen molar-refractivity contribution in [3.8, 4) is 0 Å². The van der Waals surface area contributed by atoms with Gasteiger partial charge < -0.3 is 18.9 Å². The maximum Gasteiger partial charge on any atom is 0.456 e. The molecule has 11 atom stereocenters. The van der Waals surface area contributed by atoms with Crippen LogP contribution in [0.4, 0.5) is 43.9 Å². The highest BCUT2D eigenvalue weighted by atomic mass is 19.4. The second-order valence-corrected chi connectivity index (χ2v) is 25.7. The Balaban J connectivity index is 0.000000793. The largest absolute Gasteiger partial charge is 0.465 e. The number of ether oxygens (including phenoxy) is 4. The highest BCUT2D eigenvalue weighted by molar-refractivity contribution is 5.87. The Bertz CT molecular complexity index is 2700. The number of rotatable bonds is 30. The number of esters is 4. The van der Waals surface area contributed by atoms with Crippen molar-refractivity contribution in [1.82, 2.24) is 10.1 Å². The van der Waals surface area contributed by atoms with E-state index in [1.807, 2.05) is 88.2 Å². The van der Waals surface area contributed by atoms with Gasteiger partial charge in [0.2, 0.25) is 0 Å². The van der Waals surface area contributed by atoms with Crippen LogP contribution in [0.3, 0.4) is 0 Å². The zero-order chi connectivity index (χ0) is 70.6. The summed E-state index contributed by atoms with van der Waals surface area (Å²) in [5.41, 5.74) is -3.33. The first-order valence-corrected chi connectivity index (χ1v) is 31.8. The Morgan fingerprint density at radius 3 is 1.37 bits per heavy atom. The monoisotopic (exact) mass is 1340 g/mol. The highest BCUT2D eigenvalue weighted by Gasteiger charge is 2.62. The molecule has 0 aliphatic carbocycles. The summed E-state index contributed by atoms with van der Waals surface area (Å²) in [7, 11) is 0. The van der Waals surface area contributed by atoms with E-state index in [2.05, 4.69) is 69.7 Å². The number of nitrogens with zero attached hydrogens (tertiary/aromatic N) is 2. The van der Waals surface area contributed by atoms with Crippen LogP contribution in [0.2, 0.25) is 0 Å². The second kappa shape index (κ2) is 36.0. The van der Waals surface area contributed by atoms with E-state index in [4.69, 9.17) is 19.1 Å². The smallest absolute Gasteiger partial charge is 0.456 e. The topological polar surface area (TPSA) is 164 Å². The number of alkyl halides is 10. The fourth-order valence-corrected chi connectivity index (χ4v) is 11.0. The van der Waals surface area contributed by atoms with Crippen LogP contribution in [0, 0.1) is 17.8 Å². The third-order valence-electron chi connectivity index (χ3n) is 18.4. The van der Waals surface area contributed by atoms with Crippen LogP contribution in [-0.2, 0) is 57.4 Å². The van der Waals surface area contributed by atoms with Gasteiger partial charge in [-0.05, 0) is 116 Å². The van der Waals surface area contributed by atoms with Gasteiger partial charge in [0.15, 0.2) is 24.9 Å². The molecule has 24 heteroatoms. The molecule has 532 valence electrons. The third-order valence-corrected chi connectivity index (χ3v) is 18.4. The summed E-state index contributed by atoms with van der Waals surface area (Å²) >= 11 is 0. The van der Waals surface area contributed by atoms with Crippen LogP contribution >= 0.6 is 0 Å². The Morgan fingerprint density at radius 2 is 0.978 bits per heavy atom. The van der Waals surface area contributed by atoms with Crippen LogP contribution < -0.4 is 0 Å². The molecule has 0 N–H and O–H groups in total. The molecule has 2 aromatic rings. The normalized spacial score (nSPS) is 24.2. The first kappa shape index (κ1) is 85.6. The quantitative estimate of drug-likeness (QED) is 0.0238. The van der Waals surface area contributed by atoms with E-state index in [0.717, 1.165) is 44.6 Å². The average molecular weight is 1340 g/mol. The molecule has 2 fully saturated rings. The van der Waals surface area contributed by atoms with Crippen LogP contribution in [0.25, 0.3) is 0 Å². The number of unbranched alkanes of at least 4 members (excludes halogenated alkanes) is 2. The SMILES string of the molecule is C.C=C(C)C(=O)OCC(F)(F)C(F)(F)F.CCCCOC(=O)C(CC(C)c1ccccc1)CC(C)(ON1C(C)(CC)CC(=O)C(C)C1(C)CC)C(=O)OCC(F)(F)C(F)(F)F.CCCCOC(=O)C(CC(C)c1ccccc1)ON1C(C)(CC)CC(=O)C(C)C1(C)CC. The molecule has 0 amide bonds. The van der Waals surface area contributed by atoms with Crippen molar-refractivity contribution in [3.05, 3.63) is 83.9 Å². The third kappa shape index (κ3) is 22.8. The Morgan fingerprint density at radius 1 is 0.591 bits per heavy atom. The molecule has 2 aliphatic heterocycles. The minimum absolute atomic E-state index is 0. The van der Waals surface area contributed by atoms with Gasteiger partial charge in [0, 0.05) is 36.7 Å². The first-order valence-electron chi connectivity index (χ1n) is 31.8. The minimum Gasteiger partial charge on any atom is -0.465 e. The van der Waals surface area contributed by atoms with Crippen molar-refractivity contribution in [2.24, 2.45) is 17.8 Å². The van der Waals surface area contributed by atoms with Crippen molar-refractivity contribution < 1.29 is 101 Å². The number of piperidine rings is 2. The molecule has 0 saturated carbocycles. The number of carbonyl (C=O) groups is 6. The summed E-state index contributed by atoms with van der Waals surface area (Å²) in [6, 6.07) is 19.4. The Kier molecular flexibility index (Phi) is 33.2. The van der Waals surface area contributed by atoms with E-state index < -0.39 is 107 Å². The van der Waals surface area contributed by atoms with Gasteiger partial charge >= 0.3 is 48.1 Å². The minimum atomic E-state index is -5.95. The van der Waals surface area contributed by atoms with Gasteiger partial charge in [-0.1, -0.05) is 157 Å². The average Bonchev–Trinajstić information content (AvgIpc) is 0.746. The number of benzene rings is 2. The number of ketones is 2. The maximum atomic E-state index is 13.9. The van der Waals surface area contributed by atoms with Crippen LogP contribution in [0.15, 0.2) is 72.8 Å². The van der Waals surface area contributed by atoms with Gasteiger partial charge in [-0.2, -0.15) is 54.0 Å². The van der Waals surface area contributed by atoms with Crippen LogP contribution in [0.1, 0.15) is 225 Å². The molecule has 0 bridgehead atoms. The summed E-state index contributed by atoms with van der Waals surface area (Å²) in [6.45, 7) is 28.8. The number of hydroxylamine groups is 4. The van der Waals surface area contributed by atoms with Gasteiger partial charge in [-0.25, -0.2) is 14.4 Å². The summed E-state index contributed by atoms with van der Waals surface area (Å²) in [6.07, 6.45) is -6.30. The van der Waals surface area contributed by atoms with Crippen LogP contribution in [0.5, 0.6) is 0 Å². The molecule has 0 radical (unpaired) electrons. The first-order chi connectivity index (χ1) is 42.4. The zero-order valence-corrected chi connectivity index (χ0v) is 56.5. The molecular formula is C69H104F10N2O12. The number of carbonyl (C=O) groups excluding carboxylic acids is 6. The van der Waals surface area contributed by atoms with Crippen molar-refractivity contribution in [2.75, 3.05) is 26.4 Å². The number of hydrogen-bond donors (Lipinski definition) is 0. The van der Waals surface area contributed by atoms with Crippen molar-refractivity contribution >= 4 is 35.4 Å². The van der Waals surface area contributed by atoms with E-state index in [1.165, 1.54) is 17.6 Å². The van der Waals surface area contributed by atoms with Gasteiger partial charge in [0.05, 0.1) is 41.3 Å². The molecule has 2 heterocycles. The lowest BCUT2D eigenvalue weighted by molar-refractivity contribution is -0.342. The molecule has 11 unspecified atom stereocenters. The van der Waals surface area contributed by atoms with Gasteiger partial charge in [0.25, 0.3) is 0 Å². The molecule has 2 aliphatic rings. The number of halogens is 10. The Labute approximate surface area is 544 Å². The molecule has 4 rings (SSSR count). The van der Waals surface area contributed by atoms with Crippen LogP contribution in [-0.4, -0.2) is 130 Å². The summed E-state index contributed by atoms with van der Waals surface area (Å²) in [4.78, 5) is 90.0. The summed E-state index contributed by atoms with van der Waals surface area (Å²) in [5.74, 6) is -15.7. The predicted octanol–water partition coefficient (Wildman–Crippen LogP) is 17.2. The molecule has 14 nitrogen and oxygen atoms in total. The lowest BCUT2D eigenvalue weighted by Gasteiger charge is -2.57. The Hall–Kier alpha value is -5.46. The maximum absolute atomic E-state index is 13.9. The van der Waals surface area contributed by atoms with E-state index in [9.17, 15) is 72.7 Å². The summed E-state index contributed by atoms with van der Waals surface area (Å²) in [5, 5.41) is 3.52. The zero-order valence-electron chi connectivity index (χ0n) is 56.5. The molecule has 0 spiro atoms. The fraction of sp³-hybridized carbons (Fsp3) is 0.710. The fourth-order valence-electron chi connectivity index (χ4n) is 11.0. The van der Waals surface area contributed by atoms with Crippen molar-refractivity contribution in [3.63, 3.8) is 0 Å². The summed E-state index contributed by atoms with van der Waals surface area (Å²) < 4.78 is 145. The second-order valence-electron chi connectivity index (χ2n) is 25.7. The van der Waals surface area contributed by atoms with Gasteiger partial charge in [-0.3, -0.25) is 24.1 Å². The molecule has 2 aromatic carbocycles. The molecule has 0 aromatic heterocycles. The van der Waals surface area contributed by atoms with Crippen molar-refractivity contribution in [1.29, 1.82) is 0 Å². The van der Waals surface area contributed by atoms with Crippen molar-refractivity contribution in [2.45, 2.75) is 272 Å². The lowest BCUT2D eigenvalue weighted by Crippen LogP contribution is -2.69.